The van der Waals surface area contributed by atoms with Crippen LogP contribution in [0.4, 0.5) is 0 Å². The summed E-state index contributed by atoms with van der Waals surface area (Å²) in [6.07, 6.45) is 3.14. The summed E-state index contributed by atoms with van der Waals surface area (Å²) in [6, 6.07) is 14.2. The minimum absolute atomic E-state index is 0.0261. The first-order valence-electron chi connectivity index (χ1n) is 11.0. The van der Waals surface area contributed by atoms with E-state index in [9.17, 15) is 4.79 Å². The third-order valence-corrected chi connectivity index (χ3v) is 6.82. The van der Waals surface area contributed by atoms with Gasteiger partial charge in [0.2, 0.25) is 0 Å². The smallest absolute Gasteiger partial charge is 0.274 e. The van der Waals surface area contributed by atoms with E-state index in [4.69, 9.17) is 9.47 Å². The number of rotatable bonds is 9. The molecule has 4 rings (SSSR count). The number of thiazole rings is 1. The van der Waals surface area contributed by atoms with Gasteiger partial charge in [0.1, 0.15) is 5.69 Å². The Labute approximate surface area is 194 Å². The maximum Gasteiger partial charge on any atom is 0.274 e. The van der Waals surface area contributed by atoms with Gasteiger partial charge in [-0.1, -0.05) is 35.9 Å². The molecule has 0 atom stereocenters. The molecule has 168 valence electrons. The largest absolute Gasteiger partial charge is 0.493 e. The summed E-state index contributed by atoms with van der Waals surface area (Å²) >= 11 is 1.59. The molecule has 2 aromatic carbocycles. The van der Waals surface area contributed by atoms with E-state index < -0.39 is 0 Å². The summed E-state index contributed by atoms with van der Waals surface area (Å²) < 4.78 is 10.8. The molecule has 1 aliphatic carbocycles. The maximum absolute atomic E-state index is 13.7. The Bertz CT molecular complexity index is 1100. The number of amides is 1. The van der Waals surface area contributed by atoms with Gasteiger partial charge >= 0.3 is 0 Å². The number of carbonyl (C=O) groups excluding carboxylic acids is 1. The number of aryl methyl sites for hydroxylation is 2. The molecule has 1 amide bonds. The van der Waals surface area contributed by atoms with Crippen LogP contribution in [0, 0.1) is 19.8 Å². The predicted molar refractivity (Wildman–Crippen MR) is 129 cm³/mol. The van der Waals surface area contributed by atoms with Crippen molar-refractivity contribution >= 4 is 17.2 Å². The Morgan fingerprint density at radius 2 is 1.88 bits per heavy atom. The number of methoxy groups -OCH3 is 2. The zero-order valence-corrected chi connectivity index (χ0v) is 20.0. The average molecular weight is 451 g/mol. The van der Waals surface area contributed by atoms with E-state index in [-0.39, 0.29) is 5.91 Å². The van der Waals surface area contributed by atoms with Crippen molar-refractivity contribution in [2.24, 2.45) is 5.92 Å². The lowest BCUT2D eigenvalue weighted by atomic mass is 10.1. The number of carbonyl (C=O) groups is 1. The first-order chi connectivity index (χ1) is 15.5. The van der Waals surface area contributed by atoms with Crippen molar-refractivity contribution in [2.75, 3.05) is 27.3 Å². The number of aromatic nitrogens is 1. The molecule has 1 heterocycles. The Hall–Kier alpha value is -2.86. The van der Waals surface area contributed by atoms with Crippen LogP contribution in [0.3, 0.4) is 0 Å². The molecule has 0 bridgehead atoms. The van der Waals surface area contributed by atoms with Crippen LogP contribution in [0.15, 0.2) is 42.5 Å². The zero-order valence-electron chi connectivity index (χ0n) is 19.2. The second-order valence-corrected chi connectivity index (χ2v) is 9.62. The van der Waals surface area contributed by atoms with E-state index in [0.29, 0.717) is 29.7 Å². The van der Waals surface area contributed by atoms with Crippen LogP contribution in [0.25, 0.3) is 10.4 Å². The first kappa shape index (κ1) is 22.3. The van der Waals surface area contributed by atoms with Crippen molar-refractivity contribution in [1.82, 2.24) is 9.88 Å². The summed E-state index contributed by atoms with van der Waals surface area (Å²) in [5.41, 5.74) is 3.93. The Kier molecular flexibility index (Phi) is 6.80. The molecule has 0 unspecified atom stereocenters. The van der Waals surface area contributed by atoms with Gasteiger partial charge in [-0.3, -0.25) is 4.79 Å². The molecular formula is C26H30N2O3S. The standard InChI is InChI=1S/C26H30N2O3S/c1-17-6-5-7-21(14-17)25-24(27-18(2)32-25)26(29)28(16-20-8-9-20)13-12-19-10-11-22(30-3)23(15-19)31-4/h5-7,10-11,14-15,20H,8-9,12-13,16H2,1-4H3. The van der Waals surface area contributed by atoms with E-state index >= 15 is 0 Å². The lowest BCUT2D eigenvalue weighted by Gasteiger charge is -2.23. The molecule has 0 radical (unpaired) electrons. The van der Waals surface area contributed by atoms with E-state index in [1.54, 1.807) is 25.6 Å². The molecule has 0 N–H and O–H groups in total. The highest BCUT2D eigenvalue weighted by Crippen LogP contribution is 2.34. The Morgan fingerprint density at radius 1 is 1.09 bits per heavy atom. The van der Waals surface area contributed by atoms with Crippen LogP contribution in [-0.4, -0.2) is 43.1 Å². The maximum atomic E-state index is 13.7. The quantitative estimate of drug-likeness (QED) is 0.430. The second kappa shape index (κ2) is 9.74. The fourth-order valence-electron chi connectivity index (χ4n) is 3.89. The van der Waals surface area contributed by atoms with Gasteiger partial charge in [0.05, 0.1) is 24.1 Å². The monoisotopic (exact) mass is 450 g/mol. The Balaban J connectivity index is 1.57. The van der Waals surface area contributed by atoms with Crippen molar-refractivity contribution in [1.29, 1.82) is 0 Å². The van der Waals surface area contributed by atoms with Crippen molar-refractivity contribution in [3.8, 4) is 21.9 Å². The minimum atomic E-state index is 0.0261. The topological polar surface area (TPSA) is 51.7 Å². The Morgan fingerprint density at radius 3 is 2.56 bits per heavy atom. The molecule has 1 saturated carbocycles. The number of hydrogen-bond donors (Lipinski definition) is 0. The van der Waals surface area contributed by atoms with Gasteiger partial charge in [0, 0.05) is 13.1 Å². The van der Waals surface area contributed by atoms with Gasteiger partial charge in [-0.25, -0.2) is 4.98 Å². The highest BCUT2D eigenvalue weighted by molar-refractivity contribution is 7.15. The molecule has 32 heavy (non-hydrogen) atoms. The fraction of sp³-hybridized carbons (Fsp3) is 0.385. The SMILES string of the molecule is COc1ccc(CCN(CC2CC2)C(=O)c2nc(C)sc2-c2cccc(C)c2)cc1OC. The van der Waals surface area contributed by atoms with Crippen molar-refractivity contribution in [3.63, 3.8) is 0 Å². The van der Waals surface area contributed by atoms with Crippen molar-refractivity contribution < 1.29 is 14.3 Å². The van der Waals surface area contributed by atoms with Gasteiger partial charge in [-0.05, 0) is 62.3 Å². The summed E-state index contributed by atoms with van der Waals surface area (Å²) in [6.45, 7) is 5.47. The average Bonchev–Trinajstić information content (AvgIpc) is 3.54. The minimum Gasteiger partial charge on any atom is -0.493 e. The zero-order chi connectivity index (χ0) is 22.7. The summed E-state index contributed by atoms with van der Waals surface area (Å²) in [7, 11) is 3.27. The van der Waals surface area contributed by atoms with E-state index in [2.05, 4.69) is 30.1 Å². The van der Waals surface area contributed by atoms with Gasteiger partial charge < -0.3 is 14.4 Å². The highest BCUT2D eigenvalue weighted by atomic mass is 32.1. The van der Waals surface area contributed by atoms with Crippen LogP contribution in [0.1, 0.15) is 39.5 Å². The second-order valence-electron chi connectivity index (χ2n) is 8.41. The normalized spacial score (nSPS) is 13.1. The molecule has 5 nitrogen and oxygen atoms in total. The third kappa shape index (κ3) is 5.13. The number of benzene rings is 2. The van der Waals surface area contributed by atoms with Crippen molar-refractivity contribution in [2.45, 2.75) is 33.1 Å². The molecule has 1 aromatic heterocycles. The third-order valence-electron chi connectivity index (χ3n) is 5.80. The fourth-order valence-corrected chi connectivity index (χ4v) is 4.80. The van der Waals surface area contributed by atoms with Gasteiger partial charge in [-0.15, -0.1) is 11.3 Å². The summed E-state index contributed by atoms with van der Waals surface area (Å²) in [4.78, 5) is 21.3. The van der Waals surface area contributed by atoms with Gasteiger partial charge in [0.25, 0.3) is 5.91 Å². The summed E-state index contributed by atoms with van der Waals surface area (Å²) in [5.74, 6) is 2.05. The lowest BCUT2D eigenvalue weighted by Crippen LogP contribution is -2.35. The molecule has 1 aliphatic rings. The highest BCUT2D eigenvalue weighted by Gasteiger charge is 2.30. The van der Waals surface area contributed by atoms with Gasteiger partial charge in [-0.2, -0.15) is 0 Å². The van der Waals surface area contributed by atoms with Gasteiger partial charge in [0.15, 0.2) is 11.5 Å². The number of ether oxygens (including phenoxy) is 2. The number of hydrogen-bond acceptors (Lipinski definition) is 5. The van der Waals surface area contributed by atoms with Crippen LogP contribution in [0.5, 0.6) is 11.5 Å². The van der Waals surface area contributed by atoms with Crippen LogP contribution in [0.2, 0.25) is 0 Å². The van der Waals surface area contributed by atoms with Crippen LogP contribution < -0.4 is 9.47 Å². The van der Waals surface area contributed by atoms with E-state index in [1.165, 1.54) is 18.4 Å². The lowest BCUT2D eigenvalue weighted by molar-refractivity contribution is 0.0745. The first-order valence-corrected chi connectivity index (χ1v) is 11.8. The summed E-state index contributed by atoms with van der Waals surface area (Å²) in [5, 5.41) is 0.913. The molecular weight excluding hydrogens is 420 g/mol. The molecule has 3 aromatic rings. The molecule has 0 aliphatic heterocycles. The molecule has 6 heteroatoms. The van der Waals surface area contributed by atoms with E-state index in [0.717, 1.165) is 34.0 Å². The molecule has 0 saturated heterocycles. The van der Waals surface area contributed by atoms with E-state index in [1.807, 2.05) is 36.1 Å². The predicted octanol–water partition coefficient (Wildman–Crippen LogP) is 5.54. The van der Waals surface area contributed by atoms with Crippen molar-refractivity contribution in [3.05, 3.63) is 64.3 Å². The van der Waals surface area contributed by atoms with Crippen LogP contribution >= 0.6 is 11.3 Å². The molecule has 1 fully saturated rings. The van der Waals surface area contributed by atoms with Crippen LogP contribution in [-0.2, 0) is 6.42 Å². The number of nitrogens with zero attached hydrogens (tertiary/aromatic N) is 2. The molecule has 0 spiro atoms.